The zero-order chi connectivity index (χ0) is 22.1. The van der Waals surface area contributed by atoms with E-state index in [9.17, 15) is 18.0 Å². The number of fused-ring (bicyclic) bond motifs is 1. The van der Waals surface area contributed by atoms with Crippen LogP contribution >= 0.6 is 11.6 Å². The Morgan fingerprint density at radius 1 is 1.28 bits per heavy atom. The maximum absolute atomic E-state index is 12.2. The van der Waals surface area contributed by atoms with Crippen LogP contribution in [0.15, 0.2) is 11.1 Å². The number of rotatable bonds is 6. The molecular weight excluding hydrogens is 424 g/mol. The molecule has 0 fully saturated rings. The Hall–Kier alpha value is -2.26. The van der Waals surface area contributed by atoms with Crippen molar-refractivity contribution in [2.45, 2.75) is 46.3 Å². The molecule has 10 heteroatoms. The molecule has 0 aromatic heterocycles. The summed E-state index contributed by atoms with van der Waals surface area (Å²) in [6.45, 7) is 6.79. The molecule has 2 rings (SSSR count). The first kappa shape index (κ1) is 23.0. The molecule has 1 aliphatic rings. The SMILES string of the molecule is COc1c(C)c2c(c(OS(C)(=O)=O)c1C/C=C(/Cl)C(=O)OC(C)(C)C)C(=O)OC2. The van der Waals surface area contributed by atoms with Crippen LogP contribution in [-0.2, 0) is 37.4 Å². The van der Waals surface area contributed by atoms with E-state index in [0.29, 0.717) is 16.9 Å². The lowest BCUT2D eigenvalue weighted by Gasteiger charge is -2.20. The van der Waals surface area contributed by atoms with Gasteiger partial charge in [-0.1, -0.05) is 17.7 Å². The summed E-state index contributed by atoms with van der Waals surface area (Å²) in [6.07, 6.45) is 2.15. The van der Waals surface area contributed by atoms with Gasteiger partial charge in [-0.05, 0) is 39.7 Å². The normalized spacial score (nSPS) is 14.3. The molecular formula is C19H23ClO8S. The minimum absolute atomic E-state index is 0.0190. The molecule has 0 spiro atoms. The summed E-state index contributed by atoms with van der Waals surface area (Å²) < 4.78 is 44.4. The van der Waals surface area contributed by atoms with E-state index in [1.54, 1.807) is 27.7 Å². The largest absolute Gasteiger partial charge is 0.496 e. The van der Waals surface area contributed by atoms with Crippen LogP contribution in [0.1, 0.15) is 47.8 Å². The van der Waals surface area contributed by atoms with Gasteiger partial charge in [0, 0.05) is 11.1 Å². The zero-order valence-electron chi connectivity index (χ0n) is 17.0. The molecule has 160 valence electrons. The highest BCUT2D eigenvalue weighted by atomic mass is 35.5. The third-order valence-corrected chi connectivity index (χ3v) is 4.72. The third kappa shape index (κ3) is 5.42. The Kier molecular flexibility index (Phi) is 6.54. The summed E-state index contributed by atoms with van der Waals surface area (Å²) >= 11 is 6.05. The minimum atomic E-state index is -3.97. The van der Waals surface area contributed by atoms with Crippen molar-refractivity contribution in [2.24, 2.45) is 0 Å². The van der Waals surface area contributed by atoms with Gasteiger partial charge >= 0.3 is 22.1 Å². The van der Waals surface area contributed by atoms with Gasteiger partial charge in [-0.25, -0.2) is 9.59 Å². The molecule has 1 heterocycles. The van der Waals surface area contributed by atoms with Gasteiger partial charge in [-0.2, -0.15) is 8.42 Å². The highest BCUT2D eigenvalue weighted by Crippen LogP contribution is 2.43. The van der Waals surface area contributed by atoms with Crippen LogP contribution in [0.25, 0.3) is 0 Å². The van der Waals surface area contributed by atoms with Gasteiger partial charge < -0.3 is 18.4 Å². The second-order valence-electron chi connectivity index (χ2n) is 7.44. The number of methoxy groups -OCH3 is 1. The molecule has 8 nitrogen and oxygen atoms in total. The summed E-state index contributed by atoms with van der Waals surface area (Å²) in [5.74, 6) is -1.32. The maximum atomic E-state index is 12.2. The van der Waals surface area contributed by atoms with E-state index in [4.69, 9.17) is 30.0 Å². The highest BCUT2D eigenvalue weighted by molar-refractivity contribution is 7.86. The summed E-state index contributed by atoms with van der Waals surface area (Å²) in [6, 6.07) is 0. The molecule has 0 atom stereocenters. The van der Waals surface area contributed by atoms with E-state index in [1.165, 1.54) is 13.2 Å². The number of hydrogen-bond donors (Lipinski definition) is 0. The lowest BCUT2D eigenvalue weighted by molar-refractivity contribution is -0.149. The van der Waals surface area contributed by atoms with E-state index in [2.05, 4.69) is 0 Å². The van der Waals surface area contributed by atoms with Crippen LogP contribution in [-0.4, -0.2) is 39.3 Å². The molecule has 0 saturated heterocycles. The average molecular weight is 447 g/mol. The molecule has 29 heavy (non-hydrogen) atoms. The fourth-order valence-corrected chi connectivity index (χ4v) is 3.46. The Balaban J connectivity index is 2.59. The van der Waals surface area contributed by atoms with Crippen LogP contribution in [0.3, 0.4) is 0 Å². The first-order valence-electron chi connectivity index (χ1n) is 8.63. The average Bonchev–Trinajstić information content (AvgIpc) is 2.95. The number of carbonyl (C=O) groups is 2. The topological polar surface area (TPSA) is 105 Å². The van der Waals surface area contributed by atoms with Gasteiger partial charge in [0.1, 0.15) is 28.6 Å². The standard InChI is InChI=1S/C19H23ClO8S/c1-10-12-9-26-18(22)14(12)16(28-29(6,23)24)11(15(10)25-5)7-8-13(20)17(21)27-19(2,3)4/h8H,7,9H2,1-6H3/b13-8+. The summed E-state index contributed by atoms with van der Waals surface area (Å²) in [4.78, 5) is 24.3. The third-order valence-electron chi connectivity index (χ3n) is 3.94. The van der Waals surface area contributed by atoms with Crippen molar-refractivity contribution in [3.63, 3.8) is 0 Å². The number of hydrogen-bond acceptors (Lipinski definition) is 8. The molecule has 0 unspecified atom stereocenters. The fourth-order valence-electron chi connectivity index (χ4n) is 2.85. The molecule has 0 bridgehead atoms. The second-order valence-corrected chi connectivity index (χ2v) is 9.42. The van der Waals surface area contributed by atoms with Crippen LogP contribution in [0.2, 0.25) is 0 Å². The highest BCUT2D eigenvalue weighted by Gasteiger charge is 2.34. The Bertz CT molecular complexity index is 987. The Morgan fingerprint density at radius 2 is 1.90 bits per heavy atom. The van der Waals surface area contributed by atoms with E-state index in [-0.39, 0.29) is 34.9 Å². The number of allylic oxidation sites excluding steroid dienone is 1. The minimum Gasteiger partial charge on any atom is -0.496 e. The molecule has 1 aromatic rings. The summed E-state index contributed by atoms with van der Waals surface area (Å²) in [5, 5.41) is -0.201. The monoisotopic (exact) mass is 446 g/mol. The van der Waals surface area contributed by atoms with Gasteiger partial charge in [0.2, 0.25) is 0 Å². The Morgan fingerprint density at radius 3 is 2.41 bits per heavy atom. The van der Waals surface area contributed by atoms with Crippen molar-refractivity contribution in [3.05, 3.63) is 33.4 Å². The molecule has 0 saturated carbocycles. The maximum Gasteiger partial charge on any atom is 0.349 e. The quantitative estimate of drug-likeness (QED) is 0.373. The molecule has 1 aliphatic heterocycles. The van der Waals surface area contributed by atoms with Crippen molar-refractivity contribution >= 4 is 33.7 Å². The van der Waals surface area contributed by atoms with E-state index >= 15 is 0 Å². The van der Waals surface area contributed by atoms with Crippen molar-refractivity contribution in [1.29, 1.82) is 0 Å². The predicted molar refractivity (Wildman–Crippen MR) is 106 cm³/mol. The molecule has 0 radical (unpaired) electrons. The lowest BCUT2D eigenvalue weighted by atomic mass is 9.95. The number of esters is 2. The lowest BCUT2D eigenvalue weighted by Crippen LogP contribution is -2.23. The number of benzene rings is 1. The zero-order valence-corrected chi connectivity index (χ0v) is 18.6. The molecule has 0 N–H and O–H groups in total. The van der Waals surface area contributed by atoms with Crippen molar-refractivity contribution in [1.82, 2.24) is 0 Å². The van der Waals surface area contributed by atoms with Gasteiger partial charge in [-0.3, -0.25) is 0 Å². The number of cyclic esters (lactones) is 1. The molecule has 0 aliphatic carbocycles. The van der Waals surface area contributed by atoms with Gasteiger partial charge in [0.15, 0.2) is 5.75 Å². The first-order chi connectivity index (χ1) is 13.2. The van der Waals surface area contributed by atoms with Crippen molar-refractivity contribution in [2.75, 3.05) is 13.4 Å². The smallest absolute Gasteiger partial charge is 0.349 e. The van der Waals surface area contributed by atoms with Crippen LogP contribution in [0, 0.1) is 6.92 Å². The van der Waals surface area contributed by atoms with E-state index in [0.717, 1.165) is 6.26 Å². The van der Waals surface area contributed by atoms with Gasteiger partial charge in [-0.15, -0.1) is 0 Å². The van der Waals surface area contributed by atoms with Crippen LogP contribution in [0.5, 0.6) is 11.5 Å². The first-order valence-corrected chi connectivity index (χ1v) is 10.8. The van der Waals surface area contributed by atoms with E-state index < -0.39 is 27.7 Å². The predicted octanol–water partition coefficient (Wildman–Crippen LogP) is 3.02. The van der Waals surface area contributed by atoms with Gasteiger partial charge in [0.05, 0.1) is 13.4 Å². The Labute approximate surface area is 174 Å². The van der Waals surface area contributed by atoms with Crippen molar-refractivity contribution in [3.8, 4) is 11.5 Å². The number of carbonyl (C=O) groups excluding carboxylic acids is 2. The fraction of sp³-hybridized carbons (Fsp3) is 0.474. The summed E-state index contributed by atoms with van der Waals surface area (Å²) in [5.41, 5.74) is 0.615. The van der Waals surface area contributed by atoms with Gasteiger partial charge in [0.25, 0.3) is 0 Å². The molecule has 0 amide bonds. The number of ether oxygens (including phenoxy) is 3. The van der Waals surface area contributed by atoms with Crippen LogP contribution < -0.4 is 8.92 Å². The number of halogens is 1. The molecule has 1 aromatic carbocycles. The van der Waals surface area contributed by atoms with E-state index in [1.807, 2.05) is 0 Å². The second kappa shape index (κ2) is 8.23. The van der Waals surface area contributed by atoms with Crippen LogP contribution in [0.4, 0.5) is 0 Å². The van der Waals surface area contributed by atoms with Crippen molar-refractivity contribution < 1.29 is 36.4 Å². The summed E-state index contributed by atoms with van der Waals surface area (Å²) in [7, 11) is -2.57.